The van der Waals surface area contributed by atoms with Gasteiger partial charge in [0.1, 0.15) is 10.5 Å². The fourth-order valence-electron chi connectivity index (χ4n) is 6.41. The van der Waals surface area contributed by atoms with Crippen LogP contribution >= 0.6 is 0 Å². The fraction of sp³-hybridized carbons (Fsp3) is 0.946. The van der Waals surface area contributed by atoms with E-state index in [0.29, 0.717) is 57.8 Å². The van der Waals surface area contributed by atoms with Gasteiger partial charge in [-0.1, -0.05) is 149 Å². The van der Waals surface area contributed by atoms with Crippen LogP contribution in [0.15, 0.2) is 0 Å². The Labute approximate surface area is 327 Å². The van der Waals surface area contributed by atoms with Crippen molar-refractivity contribution in [3.63, 3.8) is 0 Å². The maximum atomic E-state index is 11.8. The Balaban J connectivity index is 0. The highest BCUT2D eigenvalue weighted by atomic mass is 32.2. The topological polar surface area (TPSA) is 236 Å². The van der Waals surface area contributed by atoms with Gasteiger partial charge in [-0.25, -0.2) is 4.79 Å². The molecule has 54 heavy (non-hydrogen) atoms. The summed E-state index contributed by atoms with van der Waals surface area (Å²) in [4.78, 5) is 25.3. The van der Waals surface area contributed by atoms with Crippen LogP contribution < -0.4 is 0 Å². The summed E-state index contributed by atoms with van der Waals surface area (Å²) in [5.41, 5.74) is 0. The molecule has 0 aromatic heterocycles. The molecule has 324 valence electrons. The zero-order chi connectivity index (χ0) is 41.3. The second kappa shape index (κ2) is 33.7. The molecule has 3 unspecified atom stereocenters. The van der Waals surface area contributed by atoms with Crippen molar-refractivity contribution in [1.82, 2.24) is 0 Å². The Morgan fingerprint density at radius 1 is 0.444 bits per heavy atom. The average molecular weight is 839 g/mol. The summed E-state index contributed by atoms with van der Waals surface area (Å²) < 4.78 is 103. The molecule has 0 saturated heterocycles. The van der Waals surface area contributed by atoms with Crippen LogP contribution in [0.1, 0.15) is 200 Å². The van der Waals surface area contributed by atoms with Crippen LogP contribution in [0, 0.1) is 0 Å². The third-order valence-electron chi connectivity index (χ3n) is 9.68. The van der Waals surface area contributed by atoms with E-state index in [-0.39, 0.29) is 25.2 Å². The SMILES string of the molecule is CCCCCCCCC(C(CCCCCCCC(=O)OO)S(=O)(=O)O)S(=O)(=O)O.CCCCCCCCC(CCCCCCCCC(=O)OC)S(=O)(=O)O. The number of methoxy groups -OCH3 is 1. The minimum absolute atomic E-state index is 0.0152. The summed E-state index contributed by atoms with van der Waals surface area (Å²) in [5, 5.41) is 4.45. The van der Waals surface area contributed by atoms with Gasteiger partial charge in [-0.3, -0.25) is 18.5 Å². The number of unbranched alkanes of at least 4 members (excludes halogenated alkanes) is 19. The molecule has 0 aromatic rings. The summed E-state index contributed by atoms with van der Waals surface area (Å²) in [6.45, 7) is 4.25. The summed E-state index contributed by atoms with van der Waals surface area (Å²) in [7, 11) is -11.8. The minimum Gasteiger partial charge on any atom is -0.469 e. The van der Waals surface area contributed by atoms with Gasteiger partial charge < -0.3 is 9.62 Å². The first-order chi connectivity index (χ1) is 25.4. The van der Waals surface area contributed by atoms with Crippen molar-refractivity contribution >= 4 is 42.3 Å². The highest BCUT2D eigenvalue weighted by molar-refractivity contribution is 7.90. The predicted molar refractivity (Wildman–Crippen MR) is 212 cm³/mol. The van der Waals surface area contributed by atoms with Crippen molar-refractivity contribution in [3.05, 3.63) is 0 Å². The highest BCUT2D eigenvalue weighted by Crippen LogP contribution is 2.25. The molecule has 0 aromatic carbocycles. The molecule has 0 heterocycles. The van der Waals surface area contributed by atoms with E-state index in [4.69, 9.17) is 5.26 Å². The standard InChI is InChI=1S/C19H38O5S.C18H36O9S2/c1-3-4-5-6-9-12-15-18(25(21,22)23)16-13-10-7-8-11-14-17-19(20)24-2;1-2-3-4-5-7-10-13-16(28(21,22)23)17(29(24,25)26)14-11-8-6-9-12-15-18(19)27-20/h18H,3-17H2,1-2H3,(H,21,22,23);16-17,20H,2-15H2,1H3,(H,21,22,23)(H,24,25,26). The van der Waals surface area contributed by atoms with Crippen LogP contribution in [-0.2, 0) is 49.6 Å². The number of carbonyl (C=O) groups is 2. The molecule has 0 fully saturated rings. The molecular weight excluding hydrogens is 765 g/mol. The molecule has 0 spiro atoms. The van der Waals surface area contributed by atoms with E-state index in [1.165, 1.54) is 26.4 Å². The first-order valence-corrected chi connectivity index (χ1v) is 24.8. The number of esters is 1. The zero-order valence-corrected chi connectivity index (χ0v) is 35.8. The van der Waals surface area contributed by atoms with Crippen molar-refractivity contribution in [2.24, 2.45) is 0 Å². The monoisotopic (exact) mass is 838 g/mol. The van der Waals surface area contributed by atoms with Crippen LogP contribution in [-0.4, -0.2) is 79.0 Å². The van der Waals surface area contributed by atoms with Crippen LogP contribution in [0.5, 0.6) is 0 Å². The number of ether oxygens (including phenoxy) is 1. The molecule has 0 bridgehead atoms. The highest BCUT2D eigenvalue weighted by Gasteiger charge is 2.39. The molecule has 0 rings (SSSR count). The van der Waals surface area contributed by atoms with Gasteiger partial charge in [-0.2, -0.15) is 30.5 Å². The first kappa shape index (κ1) is 54.7. The van der Waals surface area contributed by atoms with Crippen molar-refractivity contribution in [1.29, 1.82) is 0 Å². The zero-order valence-electron chi connectivity index (χ0n) is 33.3. The maximum Gasteiger partial charge on any atom is 0.342 e. The van der Waals surface area contributed by atoms with E-state index in [1.54, 1.807) is 0 Å². The Morgan fingerprint density at radius 3 is 1.04 bits per heavy atom. The lowest BCUT2D eigenvalue weighted by atomic mass is 10.0. The number of hydrogen-bond donors (Lipinski definition) is 4. The van der Waals surface area contributed by atoms with Crippen LogP contribution in [0.4, 0.5) is 0 Å². The van der Waals surface area contributed by atoms with Gasteiger partial charge in [-0.05, 0) is 38.5 Å². The van der Waals surface area contributed by atoms with Gasteiger partial charge >= 0.3 is 11.9 Å². The van der Waals surface area contributed by atoms with E-state index in [1.807, 2.05) is 0 Å². The largest absolute Gasteiger partial charge is 0.469 e. The molecule has 4 N–H and O–H groups in total. The lowest BCUT2D eigenvalue weighted by Crippen LogP contribution is -2.39. The van der Waals surface area contributed by atoms with Gasteiger partial charge in [-0.15, -0.1) is 0 Å². The van der Waals surface area contributed by atoms with Crippen molar-refractivity contribution in [3.8, 4) is 0 Å². The third-order valence-corrected chi connectivity index (χ3v) is 13.8. The van der Waals surface area contributed by atoms with Gasteiger partial charge in [0.25, 0.3) is 30.4 Å². The minimum atomic E-state index is -4.64. The van der Waals surface area contributed by atoms with E-state index >= 15 is 0 Å². The van der Waals surface area contributed by atoms with Crippen molar-refractivity contribution in [2.45, 2.75) is 216 Å². The smallest absolute Gasteiger partial charge is 0.342 e. The summed E-state index contributed by atoms with van der Waals surface area (Å²) >= 11 is 0. The summed E-state index contributed by atoms with van der Waals surface area (Å²) in [6.07, 6.45) is 22.1. The third kappa shape index (κ3) is 32.8. The molecular formula is C37H74O14S3. The van der Waals surface area contributed by atoms with E-state index in [0.717, 1.165) is 89.9 Å². The van der Waals surface area contributed by atoms with Crippen LogP contribution in [0.25, 0.3) is 0 Å². The Kier molecular flexibility index (Phi) is 34.2. The molecule has 14 nitrogen and oxygen atoms in total. The molecule has 0 aliphatic rings. The second-order valence-corrected chi connectivity index (χ2v) is 19.3. The molecule has 0 amide bonds. The molecule has 0 radical (unpaired) electrons. The first-order valence-electron chi connectivity index (χ1n) is 20.2. The molecule has 0 saturated carbocycles. The lowest BCUT2D eigenvalue weighted by Gasteiger charge is -2.22. The summed E-state index contributed by atoms with van der Waals surface area (Å²) in [6, 6.07) is 0. The fourth-order valence-corrected chi connectivity index (χ4v) is 10.2. The van der Waals surface area contributed by atoms with Crippen molar-refractivity contribution < 1.29 is 63.4 Å². The second-order valence-electron chi connectivity index (χ2n) is 14.4. The quantitative estimate of drug-likeness (QED) is 0.0153. The molecule has 17 heteroatoms. The van der Waals surface area contributed by atoms with Gasteiger partial charge in [0.2, 0.25) is 0 Å². The predicted octanol–water partition coefficient (Wildman–Crippen LogP) is 9.28. The summed E-state index contributed by atoms with van der Waals surface area (Å²) in [5.74, 6) is -0.882. The molecule has 0 aliphatic carbocycles. The van der Waals surface area contributed by atoms with E-state index in [2.05, 4.69) is 23.5 Å². The Hall–Kier alpha value is -1.37. The Bertz CT molecular complexity index is 1250. The maximum absolute atomic E-state index is 11.8. The normalized spacial score (nSPS) is 13.8. The van der Waals surface area contributed by atoms with Crippen molar-refractivity contribution in [2.75, 3.05) is 7.11 Å². The van der Waals surface area contributed by atoms with Crippen LogP contribution in [0.2, 0.25) is 0 Å². The number of hydrogen-bond acceptors (Lipinski definition) is 11. The molecule has 3 atom stereocenters. The lowest BCUT2D eigenvalue weighted by molar-refractivity contribution is -0.234. The number of rotatable bonds is 35. The van der Waals surface area contributed by atoms with E-state index in [9.17, 15) is 48.5 Å². The molecule has 0 aliphatic heterocycles. The van der Waals surface area contributed by atoms with Gasteiger partial charge in [0.15, 0.2) is 0 Å². The van der Waals surface area contributed by atoms with E-state index < -0.39 is 52.1 Å². The number of carbonyl (C=O) groups excluding carboxylic acids is 2. The van der Waals surface area contributed by atoms with Gasteiger partial charge in [0, 0.05) is 12.8 Å². The average Bonchev–Trinajstić information content (AvgIpc) is 3.09. The van der Waals surface area contributed by atoms with Gasteiger partial charge in [0.05, 0.1) is 12.4 Å². The Morgan fingerprint density at radius 2 is 0.741 bits per heavy atom. The van der Waals surface area contributed by atoms with Crippen LogP contribution in [0.3, 0.4) is 0 Å².